The largest absolute Gasteiger partial charge is 0.484 e. The Morgan fingerprint density at radius 1 is 1.35 bits per heavy atom. The molecule has 0 spiro atoms. The number of rotatable bonds is 7. The Kier molecular flexibility index (Phi) is 5.56. The predicted octanol–water partition coefficient (Wildman–Crippen LogP) is 2.49. The van der Waals surface area contributed by atoms with Gasteiger partial charge in [-0.05, 0) is 19.1 Å². The Morgan fingerprint density at radius 2 is 2.13 bits per heavy atom. The van der Waals surface area contributed by atoms with E-state index in [0.717, 1.165) is 5.69 Å². The van der Waals surface area contributed by atoms with Crippen LogP contribution in [0.1, 0.15) is 44.4 Å². The van der Waals surface area contributed by atoms with Gasteiger partial charge < -0.3 is 19.9 Å². The lowest BCUT2D eigenvalue weighted by molar-refractivity contribution is -0.122. The van der Waals surface area contributed by atoms with Crippen LogP contribution < -0.4 is 15.4 Å². The number of likely N-dealkylation sites (N-methyl/N-ethyl adjacent to an activating group) is 1. The topological polar surface area (TPSA) is 89.3 Å². The lowest BCUT2D eigenvalue weighted by Gasteiger charge is -2.12. The molecule has 2 N–H and O–H groups in total. The molecule has 0 bridgehead atoms. The Morgan fingerprint density at radius 3 is 2.78 bits per heavy atom. The minimum absolute atomic E-state index is 0.0169. The molecule has 1 atom stereocenters. The second kappa shape index (κ2) is 7.62. The van der Waals surface area contributed by atoms with Crippen molar-refractivity contribution in [3.8, 4) is 5.75 Å². The van der Waals surface area contributed by atoms with Gasteiger partial charge in [0.25, 0.3) is 5.91 Å². The summed E-state index contributed by atoms with van der Waals surface area (Å²) in [6.07, 6.45) is 0. The maximum atomic E-state index is 11.2. The summed E-state index contributed by atoms with van der Waals surface area (Å²) in [4.78, 5) is 15.6. The van der Waals surface area contributed by atoms with Crippen LogP contribution in [0.5, 0.6) is 5.75 Å². The molecule has 0 aliphatic carbocycles. The Balaban J connectivity index is 1.99. The van der Waals surface area contributed by atoms with E-state index in [1.165, 1.54) is 0 Å². The van der Waals surface area contributed by atoms with E-state index in [9.17, 15) is 4.79 Å². The van der Waals surface area contributed by atoms with Crippen LogP contribution >= 0.6 is 0 Å². The molecule has 0 fully saturated rings. The molecule has 0 saturated carbocycles. The highest BCUT2D eigenvalue weighted by molar-refractivity contribution is 5.77. The van der Waals surface area contributed by atoms with Crippen LogP contribution in [0.2, 0.25) is 0 Å². The van der Waals surface area contributed by atoms with Crippen molar-refractivity contribution in [2.24, 2.45) is 0 Å². The molecule has 1 unspecified atom stereocenters. The molecule has 0 saturated heterocycles. The minimum atomic E-state index is -0.177. The maximum Gasteiger partial charge on any atom is 0.257 e. The second-order valence-electron chi connectivity index (χ2n) is 5.50. The molecular formula is C16H22N4O3. The van der Waals surface area contributed by atoms with Gasteiger partial charge in [0, 0.05) is 24.7 Å². The second-order valence-corrected chi connectivity index (χ2v) is 5.50. The van der Waals surface area contributed by atoms with Gasteiger partial charge in [0.2, 0.25) is 5.89 Å². The van der Waals surface area contributed by atoms with E-state index in [0.29, 0.717) is 17.5 Å². The number of benzene rings is 1. The Bertz CT molecular complexity index is 654. The van der Waals surface area contributed by atoms with Crippen molar-refractivity contribution < 1.29 is 14.1 Å². The van der Waals surface area contributed by atoms with Crippen molar-refractivity contribution >= 4 is 11.6 Å². The van der Waals surface area contributed by atoms with Gasteiger partial charge in [0.15, 0.2) is 12.4 Å². The third kappa shape index (κ3) is 4.70. The summed E-state index contributed by atoms with van der Waals surface area (Å²) >= 11 is 0. The highest BCUT2D eigenvalue weighted by Crippen LogP contribution is 2.23. The van der Waals surface area contributed by atoms with E-state index >= 15 is 0 Å². The number of aromatic nitrogens is 2. The lowest BCUT2D eigenvalue weighted by Crippen LogP contribution is -2.24. The summed E-state index contributed by atoms with van der Waals surface area (Å²) in [7, 11) is 1.57. The van der Waals surface area contributed by atoms with Crippen molar-refractivity contribution in [2.75, 3.05) is 19.0 Å². The van der Waals surface area contributed by atoms with Crippen molar-refractivity contribution in [3.05, 3.63) is 36.0 Å². The number of ether oxygens (including phenoxy) is 1. The third-order valence-electron chi connectivity index (χ3n) is 3.21. The number of amides is 1. The minimum Gasteiger partial charge on any atom is -0.484 e. The van der Waals surface area contributed by atoms with E-state index in [4.69, 9.17) is 9.26 Å². The number of carbonyl (C=O) groups is 1. The molecule has 2 aromatic rings. The summed E-state index contributed by atoms with van der Waals surface area (Å²) in [6.45, 7) is 5.95. The van der Waals surface area contributed by atoms with E-state index in [1.807, 2.05) is 39.0 Å². The van der Waals surface area contributed by atoms with Gasteiger partial charge >= 0.3 is 0 Å². The van der Waals surface area contributed by atoms with Crippen LogP contribution in [-0.2, 0) is 4.79 Å². The van der Waals surface area contributed by atoms with E-state index in [-0.39, 0.29) is 24.5 Å². The molecule has 7 heteroatoms. The van der Waals surface area contributed by atoms with Crippen molar-refractivity contribution in [1.82, 2.24) is 15.5 Å². The zero-order chi connectivity index (χ0) is 16.8. The molecule has 124 valence electrons. The number of nitrogens with zero attached hydrogens (tertiary/aromatic N) is 2. The van der Waals surface area contributed by atoms with Crippen LogP contribution in [0, 0.1) is 0 Å². The SMILES string of the molecule is CNC(=O)COc1cccc(NC(C)c2nc(C(C)C)no2)c1. The van der Waals surface area contributed by atoms with Crippen LogP contribution in [-0.4, -0.2) is 29.7 Å². The van der Waals surface area contributed by atoms with Gasteiger partial charge in [0.1, 0.15) is 11.8 Å². The van der Waals surface area contributed by atoms with Crippen LogP contribution in [0.4, 0.5) is 5.69 Å². The summed E-state index contributed by atoms with van der Waals surface area (Å²) < 4.78 is 10.7. The number of carbonyl (C=O) groups excluding carboxylic acids is 1. The molecule has 1 amide bonds. The van der Waals surface area contributed by atoms with Gasteiger partial charge in [-0.25, -0.2) is 0 Å². The molecule has 7 nitrogen and oxygen atoms in total. The monoisotopic (exact) mass is 318 g/mol. The fourth-order valence-corrected chi connectivity index (χ4v) is 1.87. The Hall–Kier alpha value is -2.57. The van der Waals surface area contributed by atoms with Gasteiger partial charge in [-0.15, -0.1) is 0 Å². The van der Waals surface area contributed by atoms with E-state index in [1.54, 1.807) is 13.1 Å². The van der Waals surface area contributed by atoms with Gasteiger partial charge in [-0.2, -0.15) is 4.98 Å². The first-order valence-electron chi connectivity index (χ1n) is 7.53. The van der Waals surface area contributed by atoms with Crippen molar-refractivity contribution in [1.29, 1.82) is 0 Å². The Labute approximate surface area is 135 Å². The maximum absolute atomic E-state index is 11.2. The highest BCUT2D eigenvalue weighted by Gasteiger charge is 2.16. The molecule has 0 aliphatic rings. The fraction of sp³-hybridized carbons (Fsp3) is 0.438. The van der Waals surface area contributed by atoms with Crippen molar-refractivity contribution in [2.45, 2.75) is 32.7 Å². The molecule has 2 rings (SSSR count). The number of nitrogens with one attached hydrogen (secondary N) is 2. The fourth-order valence-electron chi connectivity index (χ4n) is 1.87. The zero-order valence-electron chi connectivity index (χ0n) is 13.8. The summed E-state index contributed by atoms with van der Waals surface area (Å²) in [6, 6.07) is 7.23. The van der Waals surface area contributed by atoms with Crippen LogP contribution in [0.15, 0.2) is 28.8 Å². The summed E-state index contributed by atoms with van der Waals surface area (Å²) in [5.41, 5.74) is 0.844. The smallest absolute Gasteiger partial charge is 0.257 e. The molecule has 1 heterocycles. The molecule has 23 heavy (non-hydrogen) atoms. The van der Waals surface area contributed by atoms with E-state index < -0.39 is 0 Å². The van der Waals surface area contributed by atoms with Gasteiger partial charge in [-0.3, -0.25) is 4.79 Å². The van der Waals surface area contributed by atoms with Gasteiger partial charge in [-0.1, -0.05) is 25.1 Å². The molecule has 0 radical (unpaired) electrons. The predicted molar refractivity (Wildman–Crippen MR) is 86.4 cm³/mol. The molecule has 0 aliphatic heterocycles. The lowest BCUT2D eigenvalue weighted by atomic mass is 10.2. The zero-order valence-corrected chi connectivity index (χ0v) is 13.8. The summed E-state index contributed by atoms with van der Waals surface area (Å²) in [5, 5.41) is 9.74. The summed E-state index contributed by atoms with van der Waals surface area (Å²) in [5.74, 6) is 1.88. The number of hydrogen-bond acceptors (Lipinski definition) is 6. The normalized spacial score (nSPS) is 12.0. The van der Waals surface area contributed by atoms with Crippen LogP contribution in [0.3, 0.4) is 0 Å². The first-order chi connectivity index (χ1) is 11.0. The quantitative estimate of drug-likeness (QED) is 0.815. The first-order valence-corrected chi connectivity index (χ1v) is 7.53. The third-order valence-corrected chi connectivity index (χ3v) is 3.21. The molecule has 1 aromatic carbocycles. The molecule has 1 aromatic heterocycles. The standard InChI is InChI=1S/C16H22N4O3/c1-10(2)15-19-16(23-20-15)11(3)18-12-6-5-7-13(8-12)22-9-14(21)17-4/h5-8,10-11,18H,9H2,1-4H3,(H,17,21). The first kappa shape index (κ1) is 16.8. The number of anilines is 1. The van der Waals surface area contributed by atoms with Crippen molar-refractivity contribution in [3.63, 3.8) is 0 Å². The van der Waals surface area contributed by atoms with Gasteiger partial charge in [0.05, 0.1) is 0 Å². The average molecular weight is 318 g/mol. The number of hydrogen-bond donors (Lipinski definition) is 2. The highest BCUT2D eigenvalue weighted by atomic mass is 16.5. The van der Waals surface area contributed by atoms with E-state index in [2.05, 4.69) is 20.8 Å². The molecular weight excluding hydrogens is 296 g/mol. The average Bonchev–Trinajstić information content (AvgIpc) is 3.03. The van der Waals surface area contributed by atoms with Crippen LogP contribution in [0.25, 0.3) is 0 Å².